The van der Waals surface area contributed by atoms with Crippen LogP contribution in [0.4, 0.5) is 4.39 Å². The highest BCUT2D eigenvalue weighted by atomic mass is 35.5. The molecule has 10 heteroatoms. The van der Waals surface area contributed by atoms with E-state index in [1.807, 2.05) is 0 Å². The molecular weight excluding hydrogens is 376 g/mol. The van der Waals surface area contributed by atoms with Crippen LogP contribution in [-0.4, -0.2) is 21.1 Å². The lowest BCUT2D eigenvalue weighted by Crippen LogP contribution is -2.04. The molecule has 0 N–H and O–H groups in total. The summed E-state index contributed by atoms with van der Waals surface area (Å²) in [5.74, 6) is -1.44. The summed E-state index contributed by atoms with van der Waals surface area (Å²) in [5.41, 5.74) is 0.791. The zero-order valence-corrected chi connectivity index (χ0v) is 14.0. The average Bonchev–Trinajstić information content (AvgIpc) is 3.06. The average molecular weight is 384 g/mol. The Hall–Kier alpha value is -2.71. The van der Waals surface area contributed by atoms with Crippen molar-refractivity contribution >= 4 is 29.2 Å². The van der Waals surface area contributed by atoms with Crippen molar-refractivity contribution in [3.8, 4) is 28.6 Å². The molecule has 0 spiro atoms. The predicted molar refractivity (Wildman–Crippen MR) is 85.3 cm³/mol. The Bertz CT molecular complexity index is 948. The highest BCUT2D eigenvalue weighted by Gasteiger charge is 2.15. The third kappa shape index (κ3) is 3.86. The molecule has 2 aromatic heterocycles. The topological polar surface area (TPSA) is 87.3 Å². The fourth-order valence-corrected chi connectivity index (χ4v) is 2.08. The fourth-order valence-electron chi connectivity index (χ4n) is 1.81. The molecule has 3 aromatic rings. The number of rotatable bonds is 4. The summed E-state index contributed by atoms with van der Waals surface area (Å²) < 4.78 is 19.1. The van der Waals surface area contributed by atoms with Crippen LogP contribution in [-0.2, 0) is 9.68 Å². The van der Waals surface area contributed by atoms with E-state index in [4.69, 9.17) is 27.7 Å². The van der Waals surface area contributed by atoms with Gasteiger partial charge in [-0.25, -0.2) is 14.2 Å². The summed E-state index contributed by atoms with van der Waals surface area (Å²) in [7, 11) is 0. The molecule has 0 aliphatic heterocycles. The number of aromatic nitrogens is 3. The second-order valence-electron chi connectivity index (χ2n) is 4.72. The van der Waals surface area contributed by atoms with E-state index >= 15 is 0 Å². The number of nitrogens with zero attached hydrogens (tertiary/aromatic N) is 3. The molecule has 0 saturated heterocycles. The zero-order valence-electron chi connectivity index (χ0n) is 12.5. The van der Waals surface area contributed by atoms with E-state index in [0.717, 1.165) is 13.0 Å². The first-order valence-electron chi connectivity index (χ1n) is 6.74. The SMILES string of the molecule is CC(=O)OOc1ccc(-c2noc(-c3cnc(Cl)c(Cl)c3)n2)cc1F. The molecule has 128 valence electrons. The van der Waals surface area contributed by atoms with E-state index in [1.54, 1.807) is 0 Å². The molecule has 0 atom stereocenters. The quantitative estimate of drug-likeness (QED) is 0.380. The third-order valence-electron chi connectivity index (χ3n) is 2.91. The maximum Gasteiger partial charge on any atom is 0.352 e. The lowest BCUT2D eigenvalue weighted by molar-refractivity contribution is -0.211. The van der Waals surface area contributed by atoms with E-state index in [2.05, 4.69) is 24.9 Å². The molecule has 0 unspecified atom stereocenters. The summed E-state index contributed by atoms with van der Waals surface area (Å²) in [6.45, 7) is 1.13. The van der Waals surface area contributed by atoms with Gasteiger partial charge in [0, 0.05) is 18.7 Å². The van der Waals surface area contributed by atoms with Gasteiger partial charge in [0.15, 0.2) is 5.82 Å². The maximum absolute atomic E-state index is 14.0. The van der Waals surface area contributed by atoms with Crippen LogP contribution in [0, 0.1) is 5.82 Å². The second-order valence-corrected chi connectivity index (χ2v) is 5.49. The van der Waals surface area contributed by atoms with Gasteiger partial charge in [-0.3, -0.25) is 9.78 Å². The first-order chi connectivity index (χ1) is 11.9. The third-order valence-corrected chi connectivity index (χ3v) is 3.59. The van der Waals surface area contributed by atoms with Crippen LogP contribution in [0.1, 0.15) is 6.92 Å². The maximum atomic E-state index is 14.0. The van der Waals surface area contributed by atoms with Crippen molar-refractivity contribution in [1.29, 1.82) is 0 Å². The number of benzene rings is 1. The van der Waals surface area contributed by atoms with Gasteiger partial charge in [0.05, 0.1) is 10.6 Å². The Morgan fingerprint density at radius 3 is 2.72 bits per heavy atom. The molecule has 25 heavy (non-hydrogen) atoms. The molecule has 3 rings (SSSR count). The fraction of sp³-hybridized carbons (Fsp3) is 0.0667. The van der Waals surface area contributed by atoms with Gasteiger partial charge in [-0.1, -0.05) is 28.4 Å². The van der Waals surface area contributed by atoms with Crippen LogP contribution in [0.3, 0.4) is 0 Å². The first-order valence-corrected chi connectivity index (χ1v) is 7.50. The molecule has 2 heterocycles. The number of hydrogen-bond donors (Lipinski definition) is 0. The monoisotopic (exact) mass is 383 g/mol. The largest absolute Gasteiger partial charge is 0.352 e. The lowest BCUT2D eigenvalue weighted by Gasteiger charge is -2.04. The zero-order chi connectivity index (χ0) is 18.0. The smallest absolute Gasteiger partial charge is 0.334 e. The molecular formula is C15H8Cl2FN3O4. The molecule has 0 amide bonds. The van der Waals surface area contributed by atoms with E-state index in [-0.39, 0.29) is 27.6 Å². The number of hydrogen-bond acceptors (Lipinski definition) is 7. The van der Waals surface area contributed by atoms with Gasteiger partial charge in [0.25, 0.3) is 5.89 Å². The summed E-state index contributed by atoms with van der Waals surface area (Å²) >= 11 is 11.6. The Morgan fingerprint density at radius 1 is 1.24 bits per heavy atom. The van der Waals surface area contributed by atoms with Gasteiger partial charge < -0.3 is 4.52 Å². The molecule has 0 aliphatic carbocycles. The van der Waals surface area contributed by atoms with Crippen LogP contribution < -0.4 is 4.89 Å². The van der Waals surface area contributed by atoms with Crippen molar-refractivity contribution in [2.45, 2.75) is 6.92 Å². The number of carbonyl (C=O) groups is 1. The minimum Gasteiger partial charge on any atom is -0.334 e. The molecule has 0 saturated carbocycles. The van der Waals surface area contributed by atoms with E-state index in [9.17, 15) is 9.18 Å². The van der Waals surface area contributed by atoms with Crippen molar-refractivity contribution in [3.63, 3.8) is 0 Å². The van der Waals surface area contributed by atoms with E-state index < -0.39 is 11.8 Å². The normalized spacial score (nSPS) is 10.6. The van der Waals surface area contributed by atoms with Gasteiger partial charge in [-0.15, -0.1) is 0 Å². The Kier molecular flexibility index (Phi) is 4.82. The van der Waals surface area contributed by atoms with Crippen molar-refractivity contribution in [1.82, 2.24) is 15.1 Å². The minimum absolute atomic E-state index is 0.138. The van der Waals surface area contributed by atoms with Crippen LogP contribution in [0.15, 0.2) is 35.0 Å². The minimum atomic E-state index is -0.763. The Labute approximate surface area is 150 Å². The van der Waals surface area contributed by atoms with Crippen LogP contribution in [0.5, 0.6) is 5.75 Å². The van der Waals surface area contributed by atoms with Crippen molar-refractivity contribution in [2.24, 2.45) is 0 Å². The van der Waals surface area contributed by atoms with Gasteiger partial charge in [-0.2, -0.15) is 4.98 Å². The Balaban J connectivity index is 1.85. The standard InChI is InChI=1S/C15H8Cl2FN3O4/c1-7(22)24-25-12-3-2-8(5-11(12)18)14-20-15(23-21-14)9-4-10(16)13(17)19-6-9/h2-6H,1H3. The van der Waals surface area contributed by atoms with Crippen molar-refractivity contribution < 1.29 is 23.5 Å². The second kappa shape index (κ2) is 7.04. The van der Waals surface area contributed by atoms with Gasteiger partial charge >= 0.3 is 5.97 Å². The number of halogens is 3. The van der Waals surface area contributed by atoms with E-state index in [1.165, 1.54) is 24.4 Å². The van der Waals surface area contributed by atoms with Gasteiger partial charge in [-0.05, 0) is 24.3 Å². The number of pyridine rings is 1. The lowest BCUT2D eigenvalue weighted by atomic mass is 10.2. The molecule has 0 aliphatic rings. The molecule has 0 fully saturated rings. The van der Waals surface area contributed by atoms with E-state index in [0.29, 0.717) is 11.1 Å². The Morgan fingerprint density at radius 2 is 2.04 bits per heavy atom. The molecule has 0 bridgehead atoms. The molecule has 1 aromatic carbocycles. The van der Waals surface area contributed by atoms with Crippen molar-refractivity contribution in [3.05, 3.63) is 46.5 Å². The highest BCUT2D eigenvalue weighted by Crippen LogP contribution is 2.28. The number of carbonyl (C=O) groups excluding carboxylic acids is 1. The summed E-state index contributed by atoms with van der Waals surface area (Å²) in [4.78, 5) is 27.6. The van der Waals surface area contributed by atoms with Crippen molar-refractivity contribution in [2.75, 3.05) is 0 Å². The van der Waals surface area contributed by atoms with Crippen LogP contribution >= 0.6 is 23.2 Å². The van der Waals surface area contributed by atoms with Crippen LogP contribution in [0.25, 0.3) is 22.8 Å². The predicted octanol–water partition coefficient (Wildman–Crippen LogP) is 4.10. The highest BCUT2D eigenvalue weighted by molar-refractivity contribution is 6.41. The van der Waals surface area contributed by atoms with Gasteiger partial charge in [0.1, 0.15) is 5.15 Å². The molecule has 7 nitrogen and oxygen atoms in total. The van der Waals surface area contributed by atoms with Gasteiger partial charge in [0.2, 0.25) is 11.6 Å². The molecule has 0 radical (unpaired) electrons. The first kappa shape index (κ1) is 17.1. The summed E-state index contributed by atoms with van der Waals surface area (Å²) in [6.07, 6.45) is 1.42. The summed E-state index contributed by atoms with van der Waals surface area (Å²) in [6, 6.07) is 5.37. The summed E-state index contributed by atoms with van der Waals surface area (Å²) in [5, 5.41) is 4.16. The van der Waals surface area contributed by atoms with Crippen LogP contribution in [0.2, 0.25) is 10.2 Å².